The molecule has 0 aliphatic carbocycles. The smallest absolute Gasteiger partial charge is 0.350 e. The average Bonchev–Trinajstić information content (AvgIpc) is 3.33. The number of aromatic hydroxyl groups is 1. The first-order valence-electron chi connectivity index (χ1n) is 11.1. The first kappa shape index (κ1) is 22.8. The highest BCUT2D eigenvalue weighted by Crippen LogP contribution is 2.43. The van der Waals surface area contributed by atoms with E-state index in [9.17, 15) is 19.5 Å². The van der Waals surface area contributed by atoms with Gasteiger partial charge in [0.05, 0.1) is 29.3 Å². The monoisotopic (exact) mass is 490 g/mol. The van der Waals surface area contributed by atoms with Gasteiger partial charge in [-0.2, -0.15) is 0 Å². The van der Waals surface area contributed by atoms with Gasteiger partial charge in [0, 0.05) is 0 Å². The largest absolute Gasteiger partial charge is 0.508 e. The SMILES string of the molecule is CCOC(=O)c1sc(N2C(=O)c3oc4cc(C)c(C)cc4c(=O)c3[C@@H]2c2cccc(O)c2)nc1C. The number of thiazole rings is 1. The molecule has 3 heterocycles. The molecule has 0 unspecified atom stereocenters. The highest BCUT2D eigenvalue weighted by atomic mass is 32.1. The molecule has 35 heavy (non-hydrogen) atoms. The number of hydrogen-bond donors (Lipinski definition) is 1. The molecule has 2 aromatic heterocycles. The number of rotatable bonds is 4. The molecule has 178 valence electrons. The first-order valence-corrected chi connectivity index (χ1v) is 11.9. The van der Waals surface area contributed by atoms with Crippen molar-refractivity contribution in [2.75, 3.05) is 11.5 Å². The van der Waals surface area contributed by atoms with Gasteiger partial charge in [-0.3, -0.25) is 14.5 Å². The highest BCUT2D eigenvalue weighted by molar-refractivity contribution is 7.17. The Kier molecular flexibility index (Phi) is 5.44. The third kappa shape index (κ3) is 3.59. The molecule has 1 aliphatic rings. The number of benzene rings is 2. The van der Waals surface area contributed by atoms with Gasteiger partial charge in [0.15, 0.2) is 10.6 Å². The minimum Gasteiger partial charge on any atom is -0.508 e. The summed E-state index contributed by atoms with van der Waals surface area (Å²) in [7, 11) is 0. The molecule has 9 heteroatoms. The highest BCUT2D eigenvalue weighted by Gasteiger charge is 2.45. The van der Waals surface area contributed by atoms with Gasteiger partial charge < -0.3 is 14.3 Å². The molecule has 1 atom stereocenters. The fraction of sp³-hybridized carbons (Fsp3) is 0.231. The van der Waals surface area contributed by atoms with Crippen LogP contribution in [0.15, 0.2) is 45.6 Å². The molecule has 0 saturated heterocycles. The van der Waals surface area contributed by atoms with E-state index in [0.29, 0.717) is 22.2 Å². The van der Waals surface area contributed by atoms with Gasteiger partial charge in [-0.25, -0.2) is 9.78 Å². The van der Waals surface area contributed by atoms with Crippen molar-refractivity contribution in [1.82, 2.24) is 4.98 Å². The summed E-state index contributed by atoms with van der Waals surface area (Å²) in [6.45, 7) is 7.38. The van der Waals surface area contributed by atoms with E-state index in [-0.39, 0.29) is 39.1 Å². The van der Waals surface area contributed by atoms with Gasteiger partial charge in [0.25, 0.3) is 5.91 Å². The van der Waals surface area contributed by atoms with Crippen molar-refractivity contribution in [3.05, 3.63) is 85.2 Å². The number of aryl methyl sites for hydroxylation is 3. The summed E-state index contributed by atoms with van der Waals surface area (Å²) in [5.74, 6) is -1.17. The van der Waals surface area contributed by atoms with Crippen LogP contribution in [0.2, 0.25) is 0 Å². The van der Waals surface area contributed by atoms with E-state index in [2.05, 4.69) is 4.98 Å². The lowest BCUT2D eigenvalue weighted by Gasteiger charge is -2.22. The second-order valence-corrected chi connectivity index (χ2v) is 9.39. The minimum atomic E-state index is -0.896. The van der Waals surface area contributed by atoms with E-state index in [4.69, 9.17) is 9.15 Å². The van der Waals surface area contributed by atoms with Crippen LogP contribution in [0.1, 0.15) is 61.1 Å². The molecule has 2 aromatic carbocycles. The maximum Gasteiger partial charge on any atom is 0.350 e. The topological polar surface area (TPSA) is 110 Å². The predicted molar refractivity (Wildman–Crippen MR) is 132 cm³/mol. The summed E-state index contributed by atoms with van der Waals surface area (Å²) in [5.41, 5.74) is 2.95. The molecule has 4 aromatic rings. The molecule has 5 rings (SSSR count). The van der Waals surface area contributed by atoms with Crippen molar-refractivity contribution in [3.63, 3.8) is 0 Å². The molecule has 0 saturated carbocycles. The summed E-state index contributed by atoms with van der Waals surface area (Å²) >= 11 is 1.01. The lowest BCUT2D eigenvalue weighted by molar-refractivity contribution is 0.0531. The maximum absolute atomic E-state index is 13.7. The lowest BCUT2D eigenvalue weighted by Crippen LogP contribution is -2.29. The number of amides is 1. The summed E-state index contributed by atoms with van der Waals surface area (Å²) < 4.78 is 11.1. The van der Waals surface area contributed by atoms with Crippen molar-refractivity contribution in [3.8, 4) is 5.75 Å². The number of carbonyl (C=O) groups excluding carboxylic acids is 2. The van der Waals surface area contributed by atoms with Crippen LogP contribution in [0.4, 0.5) is 5.13 Å². The van der Waals surface area contributed by atoms with Crippen molar-refractivity contribution in [2.45, 2.75) is 33.7 Å². The number of anilines is 1. The van der Waals surface area contributed by atoms with Gasteiger partial charge in [0.2, 0.25) is 5.76 Å². The van der Waals surface area contributed by atoms with Crippen molar-refractivity contribution in [1.29, 1.82) is 0 Å². The first-order chi connectivity index (χ1) is 16.7. The molecule has 0 spiro atoms. The van der Waals surface area contributed by atoms with Crippen LogP contribution in [0.5, 0.6) is 5.75 Å². The van der Waals surface area contributed by atoms with Crippen LogP contribution < -0.4 is 10.3 Å². The van der Waals surface area contributed by atoms with Crippen molar-refractivity contribution >= 4 is 39.3 Å². The molecule has 1 N–H and O–H groups in total. The standard InChI is InChI=1S/C26H22N2O6S/c1-5-33-25(32)23-14(4)27-26(35-23)28-20(15-7-6-8-16(29)11-15)19-21(30)17-9-12(2)13(3)10-18(17)34-22(19)24(28)31/h6-11,20,29H,5H2,1-4H3/t20-/m0/s1. The van der Waals surface area contributed by atoms with Gasteiger partial charge >= 0.3 is 5.97 Å². The number of hydrogen-bond acceptors (Lipinski definition) is 8. The molecule has 0 radical (unpaired) electrons. The van der Waals surface area contributed by atoms with Gasteiger partial charge in [-0.1, -0.05) is 23.5 Å². The molecular weight excluding hydrogens is 468 g/mol. The summed E-state index contributed by atoms with van der Waals surface area (Å²) in [6.07, 6.45) is 0. The summed E-state index contributed by atoms with van der Waals surface area (Å²) in [6, 6.07) is 8.97. The quantitative estimate of drug-likeness (QED) is 0.409. The lowest BCUT2D eigenvalue weighted by atomic mass is 9.97. The Bertz CT molecular complexity index is 1580. The van der Waals surface area contributed by atoms with Crippen molar-refractivity contribution in [2.24, 2.45) is 0 Å². The predicted octanol–water partition coefficient (Wildman–Crippen LogP) is 4.81. The Morgan fingerprint density at radius 1 is 1.17 bits per heavy atom. The van der Waals surface area contributed by atoms with Crippen LogP contribution >= 0.6 is 11.3 Å². The number of esters is 1. The van der Waals surface area contributed by atoms with Crippen LogP contribution in [-0.4, -0.2) is 28.6 Å². The van der Waals surface area contributed by atoms with Crippen LogP contribution in [0, 0.1) is 20.8 Å². The molecule has 0 bridgehead atoms. The summed E-state index contributed by atoms with van der Waals surface area (Å²) in [5, 5.41) is 10.8. The van der Waals surface area contributed by atoms with E-state index in [1.54, 1.807) is 38.1 Å². The zero-order chi connectivity index (χ0) is 25.0. The third-order valence-corrected chi connectivity index (χ3v) is 7.26. The number of aromatic nitrogens is 1. The Morgan fingerprint density at radius 2 is 1.91 bits per heavy atom. The van der Waals surface area contributed by atoms with E-state index in [0.717, 1.165) is 22.5 Å². The Morgan fingerprint density at radius 3 is 2.63 bits per heavy atom. The normalized spacial score (nSPS) is 15.0. The zero-order valence-electron chi connectivity index (χ0n) is 19.5. The molecule has 1 aliphatic heterocycles. The third-order valence-electron chi connectivity index (χ3n) is 6.12. The Labute approximate surface area is 204 Å². The summed E-state index contributed by atoms with van der Waals surface area (Å²) in [4.78, 5) is 46.0. The molecule has 8 nitrogen and oxygen atoms in total. The minimum absolute atomic E-state index is 0.0115. The van der Waals surface area contributed by atoms with Crippen LogP contribution in [0.25, 0.3) is 11.0 Å². The number of phenols is 1. The zero-order valence-corrected chi connectivity index (χ0v) is 20.4. The van der Waals surface area contributed by atoms with E-state index < -0.39 is 17.9 Å². The second kappa shape index (κ2) is 8.35. The van der Waals surface area contributed by atoms with Crippen molar-refractivity contribution < 1.29 is 23.8 Å². The fourth-order valence-corrected chi connectivity index (χ4v) is 5.29. The number of ether oxygens (including phenoxy) is 1. The van der Waals surface area contributed by atoms with Crippen LogP contribution in [0.3, 0.4) is 0 Å². The van der Waals surface area contributed by atoms with Gasteiger partial charge in [0.1, 0.15) is 16.2 Å². The van der Waals surface area contributed by atoms with Gasteiger partial charge in [-0.15, -0.1) is 0 Å². The number of phenolic OH excluding ortho intramolecular Hbond substituents is 1. The Balaban J connectivity index is 1.77. The second-order valence-electron chi connectivity index (χ2n) is 8.41. The van der Waals surface area contributed by atoms with Gasteiger partial charge in [-0.05, 0) is 68.7 Å². The van der Waals surface area contributed by atoms with E-state index in [1.165, 1.54) is 17.0 Å². The van der Waals surface area contributed by atoms with E-state index in [1.807, 2.05) is 13.8 Å². The number of nitrogens with zero attached hydrogens (tertiary/aromatic N) is 2. The number of fused-ring (bicyclic) bond motifs is 2. The number of carbonyl (C=O) groups is 2. The van der Waals surface area contributed by atoms with E-state index >= 15 is 0 Å². The average molecular weight is 491 g/mol. The molecule has 0 fully saturated rings. The molecular formula is C26H22N2O6S. The Hall–Kier alpha value is -3.98. The fourth-order valence-electron chi connectivity index (χ4n) is 4.31. The maximum atomic E-state index is 13.7. The van der Waals surface area contributed by atoms with Crippen LogP contribution in [-0.2, 0) is 4.74 Å². The molecule has 1 amide bonds.